The Kier molecular flexibility index (Phi) is 2.21. The molecule has 10 heavy (non-hydrogen) atoms. The fourth-order valence-electron chi connectivity index (χ4n) is 0.728. The van der Waals surface area contributed by atoms with E-state index in [9.17, 15) is 4.70 Å². The van der Waals surface area contributed by atoms with Crippen LogP contribution in [0, 0.1) is 0 Å². The molecule has 0 spiro atoms. The van der Waals surface area contributed by atoms with Crippen LogP contribution in [0.5, 0.6) is 5.75 Å². The van der Waals surface area contributed by atoms with Crippen LogP contribution in [0.25, 0.3) is 0 Å². The van der Waals surface area contributed by atoms with E-state index in [0.717, 1.165) is 12.7 Å². The molecule has 0 heterocycles. The van der Waals surface area contributed by atoms with Gasteiger partial charge in [-0.3, -0.25) is 0 Å². The summed E-state index contributed by atoms with van der Waals surface area (Å²) in [6, 6.07) is 6.59. The average Bonchev–Trinajstić information content (AvgIpc) is 1.95. The van der Waals surface area contributed by atoms with Gasteiger partial charge in [0.15, 0.2) is 0 Å². The van der Waals surface area contributed by atoms with E-state index in [0.29, 0.717) is 6.32 Å². The maximum atomic E-state index is 10.00. The van der Waals surface area contributed by atoms with Crippen molar-refractivity contribution in [1.29, 1.82) is 0 Å². The monoisotopic (exact) mass is 134 g/mol. The van der Waals surface area contributed by atoms with Gasteiger partial charge in [0, 0.05) is 0 Å². The molecule has 2 nitrogen and oxygen atoms in total. The molecule has 0 saturated carbocycles. The van der Waals surface area contributed by atoms with Crippen molar-refractivity contribution < 1.29 is 9.81 Å². The molecule has 0 aliphatic heterocycles. The van der Waals surface area contributed by atoms with Crippen LogP contribution in [-0.4, -0.2) is 12.3 Å². The van der Waals surface area contributed by atoms with Crippen molar-refractivity contribution in [3.63, 3.8) is 0 Å². The number of phenols is 1. The summed E-state index contributed by atoms with van der Waals surface area (Å²) < 4.78 is 10.00. The van der Waals surface area contributed by atoms with Crippen molar-refractivity contribution in [2.75, 3.05) is 0 Å². The van der Waals surface area contributed by atoms with Crippen molar-refractivity contribution in [3.8, 4) is 5.75 Å². The molecule has 1 rings (SSSR count). The van der Waals surface area contributed by atoms with Crippen LogP contribution in [0.3, 0.4) is 0 Å². The summed E-state index contributed by atoms with van der Waals surface area (Å²) >= 11 is 0. The van der Waals surface area contributed by atoms with E-state index in [1.54, 1.807) is 24.3 Å². The molecule has 0 atom stereocenters. The Morgan fingerprint density at radius 2 is 1.90 bits per heavy atom. The van der Waals surface area contributed by atoms with Crippen LogP contribution in [0.2, 0.25) is 0 Å². The predicted molar refractivity (Wildman–Crippen MR) is 38.3 cm³/mol. The van der Waals surface area contributed by atoms with Crippen LogP contribution in [0.4, 0.5) is 0 Å². The van der Waals surface area contributed by atoms with E-state index >= 15 is 0 Å². The van der Waals surface area contributed by atoms with E-state index in [2.05, 4.69) is 0 Å². The van der Waals surface area contributed by atoms with Gasteiger partial charge in [0.2, 0.25) is 0 Å². The molecule has 3 heteroatoms. The van der Waals surface area contributed by atoms with Crippen molar-refractivity contribution >= 4 is 7.15 Å². The maximum absolute atomic E-state index is 10.00. The predicted octanol–water partition coefficient (Wildman–Crippen LogP) is 0.942. The molecular formula is C7H7BO2. The number of aromatic hydroxyl groups is 1. The van der Waals surface area contributed by atoms with Crippen LogP contribution in [0.15, 0.2) is 24.3 Å². The molecule has 0 aliphatic carbocycles. The second-order valence-electron chi connectivity index (χ2n) is 2.04. The van der Waals surface area contributed by atoms with Gasteiger partial charge in [-0.1, -0.05) is 0 Å². The molecule has 50 valence electrons. The molecule has 0 aromatic heterocycles. The van der Waals surface area contributed by atoms with Gasteiger partial charge in [-0.25, -0.2) is 0 Å². The third-order valence-corrected chi connectivity index (χ3v) is 1.26. The van der Waals surface area contributed by atoms with Crippen LogP contribution in [0.1, 0.15) is 5.56 Å². The van der Waals surface area contributed by atoms with Crippen molar-refractivity contribution in [2.24, 2.45) is 0 Å². The second-order valence-corrected chi connectivity index (χ2v) is 2.04. The van der Waals surface area contributed by atoms with Crippen molar-refractivity contribution in [3.05, 3.63) is 29.8 Å². The first-order valence-electron chi connectivity index (χ1n) is 3.04. The summed E-state index contributed by atoms with van der Waals surface area (Å²) in [5.74, 6) is 0.231. The van der Waals surface area contributed by atoms with E-state index in [4.69, 9.17) is 5.11 Å². The first-order chi connectivity index (χ1) is 4.83. The van der Waals surface area contributed by atoms with Gasteiger partial charge < -0.3 is 0 Å². The molecule has 0 fully saturated rings. The summed E-state index contributed by atoms with van der Waals surface area (Å²) in [5.41, 5.74) is 0.924. The molecule has 0 unspecified atom stereocenters. The zero-order valence-corrected chi connectivity index (χ0v) is 5.45. The SMILES string of the molecule is O=BCc1ccc(O)cc1. The van der Waals surface area contributed by atoms with Gasteiger partial charge in [-0.2, -0.15) is 0 Å². The Morgan fingerprint density at radius 1 is 1.30 bits per heavy atom. The van der Waals surface area contributed by atoms with Gasteiger partial charge in [0.25, 0.3) is 0 Å². The minimum atomic E-state index is 0.231. The summed E-state index contributed by atoms with van der Waals surface area (Å²) in [6.45, 7) is 0. The molecule has 0 saturated heterocycles. The molecule has 0 amide bonds. The third kappa shape index (κ3) is 1.69. The Morgan fingerprint density at radius 3 is 2.40 bits per heavy atom. The molecule has 0 bridgehead atoms. The Hall–Kier alpha value is -1.12. The second kappa shape index (κ2) is 3.15. The van der Waals surface area contributed by atoms with Crippen molar-refractivity contribution in [2.45, 2.75) is 6.32 Å². The Labute approximate surface area is 59.8 Å². The van der Waals surface area contributed by atoms with Gasteiger partial charge in [0.05, 0.1) is 0 Å². The fourth-order valence-corrected chi connectivity index (χ4v) is 0.728. The summed E-state index contributed by atoms with van der Waals surface area (Å²) in [7, 11) is 0.840. The third-order valence-electron chi connectivity index (χ3n) is 1.26. The van der Waals surface area contributed by atoms with Gasteiger partial charge in [-0.15, -0.1) is 0 Å². The molecular weight excluding hydrogens is 127 g/mol. The number of hydrogen-bond acceptors (Lipinski definition) is 2. The Bertz CT molecular complexity index is 218. The normalized spacial score (nSPS) is 8.80. The van der Waals surface area contributed by atoms with E-state index in [-0.39, 0.29) is 5.75 Å². The van der Waals surface area contributed by atoms with E-state index in [1.807, 2.05) is 0 Å². The van der Waals surface area contributed by atoms with E-state index < -0.39 is 0 Å². The van der Waals surface area contributed by atoms with E-state index in [1.165, 1.54) is 0 Å². The molecule has 0 radical (unpaired) electrons. The van der Waals surface area contributed by atoms with Gasteiger partial charge >= 0.3 is 58.9 Å². The summed E-state index contributed by atoms with van der Waals surface area (Å²) in [5, 5.41) is 8.84. The molecule has 1 aromatic rings. The molecule has 1 N–H and O–H groups in total. The fraction of sp³-hybridized carbons (Fsp3) is 0.143. The van der Waals surface area contributed by atoms with Crippen LogP contribution < -0.4 is 0 Å². The van der Waals surface area contributed by atoms with Crippen molar-refractivity contribution in [1.82, 2.24) is 0 Å². The molecule has 0 aliphatic rings. The topological polar surface area (TPSA) is 37.3 Å². The summed E-state index contributed by atoms with van der Waals surface area (Å²) in [6.07, 6.45) is 0.417. The number of rotatable bonds is 2. The molecule has 1 aromatic carbocycles. The minimum absolute atomic E-state index is 0.231. The number of hydrogen-bond donors (Lipinski definition) is 1. The first kappa shape index (κ1) is 7.00. The Balaban J connectivity index is 2.78. The van der Waals surface area contributed by atoms with Gasteiger partial charge in [0.1, 0.15) is 0 Å². The van der Waals surface area contributed by atoms with Gasteiger partial charge in [-0.05, 0) is 0 Å². The summed E-state index contributed by atoms with van der Waals surface area (Å²) in [4.78, 5) is 0. The first-order valence-corrected chi connectivity index (χ1v) is 3.04. The average molecular weight is 134 g/mol. The van der Waals surface area contributed by atoms with Crippen LogP contribution in [-0.2, 0) is 11.0 Å². The van der Waals surface area contributed by atoms with Crippen LogP contribution >= 0.6 is 0 Å². The number of benzene rings is 1. The number of phenolic OH excluding ortho intramolecular Hbond substituents is 1. The quantitative estimate of drug-likeness (QED) is 0.611. The zero-order chi connectivity index (χ0) is 7.40. The zero-order valence-electron chi connectivity index (χ0n) is 5.45. The standard InChI is InChI=1S/C7H7BO2/c9-7-3-1-6(2-4-7)5-8-10/h1-4,9H,5H2.